The molecule has 0 saturated carbocycles. The number of halogens is 1. The number of benzene rings is 2. The molecule has 0 saturated heterocycles. The SMILES string of the molecule is COc1ccc(CN(Cc2cccnc2)C(=O)c2ccc(F)cc2)cc1OCCCN(C)C. The van der Waals surface area contributed by atoms with Gasteiger partial charge in [0, 0.05) is 37.6 Å². The van der Waals surface area contributed by atoms with E-state index in [1.54, 1.807) is 24.4 Å². The summed E-state index contributed by atoms with van der Waals surface area (Å²) < 4.78 is 24.8. The highest BCUT2D eigenvalue weighted by Gasteiger charge is 2.18. The van der Waals surface area contributed by atoms with Gasteiger partial charge in [0.25, 0.3) is 5.91 Å². The fraction of sp³-hybridized carbons (Fsp3) is 0.308. The molecular formula is C26H30FN3O3. The fourth-order valence-electron chi connectivity index (χ4n) is 3.40. The molecule has 0 aliphatic heterocycles. The normalized spacial score (nSPS) is 10.8. The summed E-state index contributed by atoms with van der Waals surface area (Å²) in [7, 11) is 5.65. The average Bonchev–Trinajstić information content (AvgIpc) is 2.82. The second-order valence-electron chi connectivity index (χ2n) is 8.02. The van der Waals surface area contributed by atoms with Gasteiger partial charge in [-0.05, 0) is 74.1 Å². The number of rotatable bonds is 11. The summed E-state index contributed by atoms with van der Waals surface area (Å²) >= 11 is 0. The highest BCUT2D eigenvalue weighted by molar-refractivity contribution is 5.94. The first kappa shape index (κ1) is 24.2. The predicted octanol–water partition coefficient (Wildman–Crippen LogP) is 4.40. The van der Waals surface area contributed by atoms with Crippen molar-refractivity contribution < 1.29 is 18.7 Å². The van der Waals surface area contributed by atoms with Crippen LogP contribution in [-0.2, 0) is 13.1 Å². The lowest BCUT2D eigenvalue weighted by atomic mass is 10.1. The van der Waals surface area contributed by atoms with Gasteiger partial charge in [0.1, 0.15) is 5.82 Å². The first-order valence-corrected chi connectivity index (χ1v) is 10.8. The molecule has 3 aromatic rings. The third kappa shape index (κ3) is 7.29. The van der Waals surface area contributed by atoms with Crippen LogP contribution in [0.3, 0.4) is 0 Å². The van der Waals surface area contributed by atoms with Gasteiger partial charge in [0.15, 0.2) is 11.5 Å². The lowest BCUT2D eigenvalue weighted by Gasteiger charge is -2.24. The zero-order chi connectivity index (χ0) is 23.6. The first-order chi connectivity index (χ1) is 16.0. The van der Waals surface area contributed by atoms with E-state index < -0.39 is 0 Å². The molecule has 0 fully saturated rings. The summed E-state index contributed by atoms with van der Waals surface area (Å²) in [5.41, 5.74) is 2.23. The molecule has 7 heteroatoms. The lowest BCUT2D eigenvalue weighted by Crippen LogP contribution is -2.30. The Kier molecular flexibility index (Phi) is 8.78. The molecule has 1 aromatic heterocycles. The van der Waals surface area contributed by atoms with Crippen LogP contribution >= 0.6 is 0 Å². The number of pyridine rings is 1. The lowest BCUT2D eigenvalue weighted by molar-refractivity contribution is 0.0729. The van der Waals surface area contributed by atoms with Crippen LogP contribution in [0.25, 0.3) is 0 Å². The van der Waals surface area contributed by atoms with Crippen molar-refractivity contribution in [2.75, 3.05) is 34.4 Å². The summed E-state index contributed by atoms with van der Waals surface area (Å²) in [6.07, 6.45) is 4.31. The molecule has 0 N–H and O–H groups in total. The topological polar surface area (TPSA) is 54.9 Å². The number of amides is 1. The number of methoxy groups -OCH3 is 1. The Balaban J connectivity index is 1.81. The predicted molar refractivity (Wildman–Crippen MR) is 126 cm³/mol. The molecule has 0 spiro atoms. The van der Waals surface area contributed by atoms with E-state index >= 15 is 0 Å². The molecule has 0 bridgehead atoms. The van der Waals surface area contributed by atoms with Crippen molar-refractivity contribution in [3.8, 4) is 11.5 Å². The van der Waals surface area contributed by atoms with Gasteiger partial charge >= 0.3 is 0 Å². The molecule has 0 unspecified atom stereocenters. The van der Waals surface area contributed by atoms with Crippen LogP contribution in [0.4, 0.5) is 4.39 Å². The van der Waals surface area contributed by atoms with E-state index in [-0.39, 0.29) is 11.7 Å². The van der Waals surface area contributed by atoms with Crippen LogP contribution in [0.2, 0.25) is 0 Å². The van der Waals surface area contributed by atoms with Gasteiger partial charge in [-0.2, -0.15) is 0 Å². The third-order valence-electron chi connectivity index (χ3n) is 5.08. The number of carbonyl (C=O) groups is 1. The van der Waals surface area contributed by atoms with Gasteiger partial charge in [0.2, 0.25) is 0 Å². The maximum Gasteiger partial charge on any atom is 0.254 e. The Morgan fingerprint density at radius 1 is 1.00 bits per heavy atom. The minimum atomic E-state index is -0.378. The van der Waals surface area contributed by atoms with Crippen molar-refractivity contribution in [3.05, 3.63) is 89.5 Å². The largest absolute Gasteiger partial charge is 0.493 e. The van der Waals surface area contributed by atoms with E-state index in [1.165, 1.54) is 24.3 Å². The standard InChI is InChI=1S/C26H30FN3O3/c1-29(2)14-5-15-33-25-16-20(7-12-24(25)32-3)18-30(19-21-6-4-13-28-17-21)26(31)22-8-10-23(27)11-9-22/h4,6-13,16-17H,5,14-15,18-19H2,1-3H3. The van der Waals surface area contributed by atoms with Gasteiger partial charge in [-0.1, -0.05) is 12.1 Å². The molecule has 33 heavy (non-hydrogen) atoms. The molecular weight excluding hydrogens is 421 g/mol. The van der Waals surface area contributed by atoms with E-state index in [0.717, 1.165) is 24.1 Å². The number of aromatic nitrogens is 1. The zero-order valence-corrected chi connectivity index (χ0v) is 19.3. The summed E-state index contributed by atoms with van der Waals surface area (Å²) in [4.78, 5) is 21.2. The summed E-state index contributed by atoms with van der Waals surface area (Å²) in [6.45, 7) is 2.21. The molecule has 0 aliphatic rings. The number of hydrogen-bond acceptors (Lipinski definition) is 5. The fourth-order valence-corrected chi connectivity index (χ4v) is 3.40. The van der Waals surface area contributed by atoms with Crippen LogP contribution in [0.1, 0.15) is 27.9 Å². The van der Waals surface area contributed by atoms with Crippen LogP contribution in [0.15, 0.2) is 67.0 Å². The van der Waals surface area contributed by atoms with Crippen LogP contribution in [0, 0.1) is 5.82 Å². The first-order valence-electron chi connectivity index (χ1n) is 10.8. The Morgan fingerprint density at radius 2 is 1.76 bits per heavy atom. The van der Waals surface area contributed by atoms with Crippen molar-refractivity contribution >= 4 is 5.91 Å². The van der Waals surface area contributed by atoms with Crippen molar-refractivity contribution in [1.82, 2.24) is 14.8 Å². The third-order valence-corrected chi connectivity index (χ3v) is 5.08. The monoisotopic (exact) mass is 451 g/mol. The summed E-state index contributed by atoms with van der Waals surface area (Å²) in [5.74, 6) is 0.719. The van der Waals surface area contributed by atoms with Gasteiger partial charge in [-0.15, -0.1) is 0 Å². The highest BCUT2D eigenvalue weighted by atomic mass is 19.1. The van der Waals surface area contributed by atoms with E-state index in [4.69, 9.17) is 9.47 Å². The maximum atomic E-state index is 13.4. The number of hydrogen-bond donors (Lipinski definition) is 0. The van der Waals surface area contributed by atoms with E-state index in [9.17, 15) is 9.18 Å². The number of nitrogens with zero attached hydrogens (tertiary/aromatic N) is 3. The van der Waals surface area contributed by atoms with Gasteiger partial charge in [0.05, 0.1) is 13.7 Å². The molecule has 1 heterocycles. The van der Waals surface area contributed by atoms with E-state index in [1.807, 2.05) is 44.4 Å². The van der Waals surface area contributed by atoms with Crippen LogP contribution in [-0.4, -0.2) is 55.0 Å². The van der Waals surface area contributed by atoms with Crippen molar-refractivity contribution in [2.45, 2.75) is 19.5 Å². The van der Waals surface area contributed by atoms with E-state index in [0.29, 0.717) is 36.8 Å². The van der Waals surface area contributed by atoms with Crippen molar-refractivity contribution in [2.24, 2.45) is 0 Å². The Hall–Kier alpha value is -3.45. The Bertz CT molecular complexity index is 1030. The molecule has 1 amide bonds. The quantitative estimate of drug-likeness (QED) is 0.405. The molecule has 6 nitrogen and oxygen atoms in total. The Morgan fingerprint density at radius 3 is 2.42 bits per heavy atom. The zero-order valence-electron chi connectivity index (χ0n) is 19.3. The molecule has 0 atom stereocenters. The van der Waals surface area contributed by atoms with Gasteiger partial charge in [-0.3, -0.25) is 9.78 Å². The Labute approximate surface area is 194 Å². The number of ether oxygens (including phenoxy) is 2. The second-order valence-corrected chi connectivity index (χ2v) is 8.02. The summed E-state index contributed by atoms with van der Waals surface area (Å²) in [6, 6.07) is 15.0. The molecule has 0 aliphatic carbocycles. The molecule has 174 valence electrons. The van der Waals surface area contributed by atoms with Crippen molar-refractivity contribution in [1.29, 1.82) is 0 Å². The van der Waals surface area contributed by atoms with Crippen molar-refractivity contribution in [3.63, 3.8) is 0 Å². The minimum absolute atomic E-state index is 0.192. The van der Waals surface area contributed by atoms with Crippen LogP contribution < -0.4 is 9.47 Å². The molecule has 0 radical (unpaired) electrons. The highest BCUT2D eigenvalue weighted by Crippen LogP contribution is 2.29. The smallest absolute Gasteiger partial charge is 0.254 e. The number of carbonyl (C=O) groups excluding carboxylic acids is 1. The average molecular weight is 452 g/mol. The van der Waals surface area contributed by atoms with Crippen LogP contribution in [0.5, 0.6) is 11.5 Å². The molecule has 3 rings (SSSR count). The van der Waals surface area contributed by atoms with Gasteiger partial charge in [-0.25, -0.2) is 4.39 Å². The molecule has 2 aromatic carbocycles. The minimum Gasteiger partial charge on any atom is -0.493 e. The van der Waals surface area contributed by atoms with E-state index in [2.05, 4.69) is 9.88 Å². The summed E-state index contributed by atoms with van der Waals surface area (Å²) in [5, 5.41) is 0. The second kappa shape index (κ2) is 12.0. The maximum absolute atomic E-state index is 13.4. The van der Waals surface area contributed by atoms with Gasteiger partial charge < -0.3 is 19.3 Å².